The lowest BCUT2D eigenvalue weighted by molar-refractivity contribution is 0.0696. The number of nitriles is 1. The molecule has 0 amide bonds. The van der Waals surface area contributed by atoms with Gasteiger partial charge in [-0.15, -0.1) is 0 Å². The second-order valence-corrected chi connectivity index (χ2v) is 7.68. The minimum absolute atomic E-state index is 0.378. The first-order valence-corrected chi connectivity index (χ1v) is 9.55. The Bertz CT molecular complexity index is 865. The third-order valence-corrected chi connectivity index (χ3v) is 5.85. The maximum absolute atomic E-state index is 11.4. The maximum atomic E-state index is 11.4. The quantitative estimate of drug-likeness (QED) is 0.783. The van der Waals surface area contributed by atoms with Crippen LogP contribution in [0.3, 0.4) is 0 Å². The topological polar surface area (TPSA) is 64.3 Å². The molecule has 0 radical (unpaired) electrons. The molecule has 1 aliphatic heterocycles. The molecule has 0 atom stereocenters. The standard InChI is InChI=1S/C21H21BrN2O2/c1-14-10-19(22)17(12-18(14)21(25)26)11-15-6-8-24(9-7-15)20-5-3-2-4-16(20)13-23/h2-5,10,12,15H,6-9,11H2,1H3,(H,25,26). The van der Waals surface area contributed by atoms with Gasteiger partial charge >= 0.3 is 5.97 Å². The third-order valence-electron chi connectivity index (χ3n) is 5.11. The molecule has 1 fully saturated rings. The van der Waals surface area contributed by atoms with Crippen molar-refractivity contribution in [2.24, 2.45) is 5.92 Å². The van der Waals surface area contributed by atoms with E-state index in [-0.39, 0.29) is 0 Å². The molecular weight excluding hydrogens is 392 g/mol. The van der Waals surface area contributed by atoms with Gasteiger partial charge in [0, 0.05) is 17.6 Å². The molecule has 1 heterocycles. The van der Waals surface area contributed by atoms with Gasteiger partial charge in [-0.3, -0.25) is 0 Å². The van der Waals surface area contributed by atoms with Gasteiger partial charge in [-0.05, 0) is 67.5 Å². The Labute approximate surface area is 162 Å². The number of aromatic carboxylic acids is 1. The zero-order chi connectivity index (χ0) is 18.7. The number of halogens is 1. The van der Waals surface area contributed by atoms with Gasteiger partial charge in [0.2, 0.25) is 0 Å². The normalized spacial score (nSPS) is 14.9. The van der Waals surface area contributed by atoms with Crippen molar-refractivity contribution in [3.05, 3.63) is 63.1 Å². The summed E-state index contributed by atoms with van der Waals surface area (Å²) < 4.78 is 0.984. The largest absolute Gasteiger partial charge is 0.478 e. The van der Waals surface area contributed by atoms with Crippen LogP contribution < -0.4 is 4.90 Å². The molecule has 4 nitrogen and oxygen atoms in total. The smallest absolute Gasteiger partial charge is 0.335 e. The second kappa shape index (κ2) is 7.92. The van der Waals surface area contributed by atoms with Crippen LogP contribution in [-0.4, -0.2) is 24.2 Å². The number of piperidine rings is 1. The van der Waals surface area contributed by atoms with Crippen molar-refractivity contribution < 1.29 is 9.90 Å². The van der Waals surface area contributed by atoms with Crippen molar-refractivity contribution in [3.8, 4) is 6.07 Å². The summed E-state index contributed by atoms with van der Waals surface area (Å²) in [6, 6.07) is 13.7. The van der Waals surface area contributed by atoms with Crippen LogP contribution in [0.1, 0.15) is 39.9 Å². The molecular formula is C21H21BrN2O2. The van der Waals surface area contributed by atoms with E-state index in [0.717, 1.165) is 59.2 Å². The van der Waals surface area contributed by atoms with E-state index < -0.39 is 5.97 Å². The zero-order valence-electron chi connectivity index (χ0n) is 14.7. The Morgan fingerprint density at radius 2 is 2.00 bits per heavy atom. The summed E-state index contributed by atoms with van der Waals surface area (Å²) in [5, 5.41) is 18.6. The number of carboxylic acids is 1. The SMILES string of the molecule is Cc1cc(Br)c(CC2CCN(c3ccccc3C#N)CC2)cc1C(=O)O. The van der Waals surface area contributed by atoms with Crippen LogP contribution >= 0.6 is 15.9 Å². The molecule has 26 heavy (non-hydrogen) atoms. The van der Waals surface area contributed by atoms with Crippen LogP contribution in [0.4, 0.5) is 5.69 Å². The van der Waals surface area contributed by atoms with Crippen molar-refractivity contribution in [3.63, 3.8) is 0 Å². The van der Waals surface area contributed by atoms with Gasteiger partial charge in [-0.2, -0.15) is 5.26 Å². The Balaban J connectivity index is 1.69. The van der Waals surface area contributed by atoms with E-state index in [9.17, 15) is 15.2 Å². The lowest BCUT2D eigenvalue weighted by Crippen LogP contribution is -2.34. The molecule has 0 unspecified atom stereocenters. The van der Waals surface area contributed by atoms with E-state index in [0.29, 0.717) is 11.5 Å². The summed E-state index contributed by atoms with van der Waals surface area (Å²) in [5.41, 5.74) is 3.94. The van der Waals surface area contributed by atoms with Gasteiger partial charge < -0.3 is 10.0 Å². The van der Waals surface area contributed by atoms with Gasteiger partial charge in [0.25, 0.3) is 0 Å². The Morgan fingerprint density at radius 1 is 1.31 bits per heavy atom. The van der Waals surface area contributed by atoms with Gasteiger partial charge in [0.1, 0.15) is 6.07 Å². The fraction of sp³-hybridized carbons (Fsp3) is 0.333. The van der Waals surface area contributed by atoms with Crippen molar-refractivity contribution in [2.45, 2.75) is 26.2 Å². The lowest BCUT2D eigenvalue weighted by Gasteiger charge is -2.34. The molecule has 0 aliphatic carbocycles. The number of aryl methyl sites for hydroxylation is 1. The van der Waals surface area contributed by atoms with Crippen LogP contribution in [0.25, 0.3) is 0 Å². The Morgan fingerprint density at radius 3 is 2.65 bits per heavy atom. The number of rotatable bonds is 4. The first-order chi connectivity index (χ1) is 12.5. The van der Waals surface area contributed by atoms with Crippen LogP contribution in [0.2, 0.25) is 0 Å². The minimum atomic E-state index is -0.876. The molecule has 0 saturated carbocycles. The van der Waals surface area contributed by atoms with Crippen LogP contribution in [0.15, 0.2) is 40.9 Å². The van der Waals surface area contributed by atoms with Crippen LogP contribution in [0.5, 0.6) is 0 Å². The van der Waals surface area contributed by atoms with E-state index in [4.69, 9.17) is 0 Å². The summed E-state index contributed by atoms with van der Waals surface area (Å²) >= 11 is 3.59. The average molecular weight is 413 g/mol. The fourth-order valence-corrected chi connectivity index (χ4v) is 4.26. The molecule has 0 aromatic heterocycles. The number of para-hydroxylation sites is 1. The van der Waals surface area contributed by atoms with E-state index in [1.165, 1.54) is 0 Å². The van der Waals surface area contributed by atoms with Gasteiger partial charge in [-0.1, -0.05) is 28.1 Å². The van der Waals surface area contributed by atoms with E-state index >= 15 is 0 Å². The maximum Gasteiger partial charge on any atom is 0.335 e. The highest BCUT2D eigenvalue weighted by atomic mass is 79.9. The second-order valence-electron chi connectivity index (χ2n) is 6.83. The molecule has 1 aliphatic rings. The number of carbonyl (C=O) groups is 1. The Kier molecular flexibility index (Phi) is 5.63. The van der Waals surface area contributed by atoms with Gasteiger partial charge in [-0.25, -0.2) is 4.79 Å². The molecule has 0 bridgehead atoms. The predicted octanol–water partition coefficient (Wildman–Crippen LogP) is 4.79. The molecule has 2 aromatic rings. The lowest BCUT2D eigenvalue weighted by atomic mass is 9.88. The number of benzene rings is 2. The van der Waals surface area contributed by atoms with Crippen molar-refractivity contribution in [1.29, 1.82) is 5.26 Å². The van der Waals surface area contributed by atoms with Crippen LogP contribution in [-0.2, 0) is 6.42 Å². The van der Waals surface area contributed by atoms with Crippen molar-refractivity contribution in [2.75, 3.05) is 18.0 Å². The van der Waals surface area contributed by atoms with Crippen molar-refractivity contribution in [1.82, 2.24) is 0 Å². The number of nitrogens with zero attached hydrogens (tertiary/aromatic N) is 2. The highest BCUT2D eigenvalue weighted by Crippen LogP contribution is 2.30. The molecule has 134 valence electrons. The third kappa shape index (κ3) is 3.91. The summed E-state index contributed by atoms with van der Waals surface area (Å²) in [5.74, 6) is -0.361. The molecule has 2 aromatic carbocycles. The number of carboxylic acid groups (broad SMARTS) is 1. The first kappa shape index (κ1) is 18.5. The van der Waals surface area contributed by atoms with E-state index in [1.54, 1.807) is 6.07 Å². The predicted molar refractivity (Wildman–Crippen MR) is 106 cm³/mol. The monoisotopic (exact) mass is 412 g/mol. The number of anilines is 1. The van der Waals surface area contributed by atoms with Crippen molar-refractivity contribution >= 4 is 27.6 Å². The highest BCUT2D eigenvalue weighted by Gasteiger charge is 2.22. The molecule has 1 saturated heterocycles. The van der Waals surface area contributed by atoms with E-state index in [1.807, 2.05) is 37.3 Å². The molecule has 0 spiro atoms. The summed E-state index contributed by atoms with van der Waals surface area (Å²) in [7, 11) is 0. The summed E-state index contributed by atoms with van der Waals surface area (Å²) in [4.78, 5) is 13.7. The summed E-state index contributed by atoms with van der Waals surface area (Å²) in [6.07, 6.45) is 2.93. The summed E-state index contributed by atoms with van der Waals surface area (Å²) in [6.45, 7) is 3.65. The van der Waals surface area contributed by atoms with Crippen LogP contribution in [0, 0.1) is 24.2 Å². The first-order valence-electron chi connectivity index (χ1n) is 8.76. The number of hydrogen-bond acceptors (Lipinski definition) is 3. The molecule has 1 N–H and O–H groups in total. The average Bonchev–Trinajstić information content (AvgIpc) is 2.64. The molecule has 3 rings (SSSR count). The highest BCUT2D eigenvalue weighted by molar-refractivity contribution is 9.10. The Hall–Kier alpha value is -2.32. The van der Waals surface area contributed by atoms with Gasteiger partial charge in [0.05, 0.1) is 16.8 Å². The fourth-order valence-electron chi connectivity index (χ4n) is 3.64. The minimum Gasteiger partial charge on any atom is -0.478 e. The zero-order valence-corrected chi connectivity index (χ0v) is 16.3. The van der Waals surface area contributed by atoms with E-state index in [2.05, 4.69) is 26.9 Å². The molecule has 5 heteroatoms. The van der Waals surface area contributed by atoms with Gasteiger partial charge in [0.15, 0.2) is 0 Å². The number of hydrogen-bond donors (Lipinski definition) is 1.